The van der Waals surface area contributed by atoms with Crippen LogP contribution in [0.5, 0.6) is 0 Å². The second-order valence-electron chi connectivity index (χ2n) is 2.15. The van der Waals surface area contributed by atoms with Crippen LogP contribution in [0.4, 0.5) is 0 Å². The lowest BCUT2D eigenvalue weighted by Crippen LogP contribution is -1.67. The van der Waals surface area contributed by atoms with Crippen LogP contribution < -0.4 is 0 Å². The van der Waals surface area contributed by atoms with Crippen molar-refractivity contribution in [3.05, 3.63) is 36.5 Å². The highest BCUT2D eigenvalue weighted by Crippen LogP contribution is 1.88. The van der Waals surface area contributed by atoms with Crippen molar-refractivity contribution in [2.75, 3.05) is 6.61 Å². The summed E-state index contributed by atoms with van der Waals surface area (Å²) in [7, 11) is 0. The first-order valence-electron chi connectivity index (χ1n) is 3.99. The summed E-state index contributed by atoms with van der Waals surface area (Å²) >= 11 is 0. The molecule has 0 aromatic carbocycles. The number of aliphatic hydroxyl groups is 1. The number of hydrogen-bond donors (Lipinski definition) is 1. The van der Waals surface area contributed by atoms with Gasteiger partial charge in [-0.25, -0.2) is 0 Å². The molecule has 1 heteroatoms. The highest BCUT2D eigenvalue weighted by molar-refractivity contribution is 5.04. The van der Waals surface area contributed by atoms with Gasteiger partial charge in [-0.15, -0.1) is 0 Å². The molecule has 0 saturated carbocycles. The number of hydrogen-bond acceptors (Lipinski definition) is 1. The van der Waals surface area contributed by atoms with E-state index in [1.807, 2.05) is 12.2 Å². The zero-order valence-electron chi connectivity index (χ0n) is 7.03. The molecule has 0 rings (SSSR count). The van der Waals surface area contributed by atoms with Gasteiger partial charge in [-0.2, -0.15) is 0 Å². The minimum atomic E-state index is 0.120. The fourth-order valence-corrected chi connectivity index (χ4v) is 0.638. The number of aliphatic hydroxyl groups excluding tert-OH is 1. The van der Waals surface area contributed by atoms with Gasteiger partial charge in [-0.05, 0) is 12.8 Å². The normalized spacial score (nSPS) is 12.5. The van der Waals surface area contributed by atoms with Gasteiger partial charge >= 0.3 is 0 Å². The van der Waals surface area contributed by atoms with E-state index in [0.29, 0.717) is 0 Å². The van der Waals surface area contributed by atoms with E-state index < -0.39 is 0 Å². The number of rotatable bonds is 5. The van der Waals surface area contributed by atoms with Crippen LogP contribution in [0.3, 0.4) is 0 Å². The summed E-state index contributed by atoms with van der Waals surface area (Å²) in [6.45, 7) is 2.24. The first kappa shape index (κ1) is 10.2. The lowest BCUT2D eigenvalue weighted by molar-refractivity contribution is 0.343. The summed E-state index contributed by atoms with van der Waals surface area (Å²) in [5, 5.41) is 8.37. The molecule has 0 aliphatic carbocycles. The molecule has 0 atom stereocenters. The van der Waals surface area contributed by atoms with Crippen LogP contribution >= 0.6 is 0 Å². The highest BCUT2D eigenvalue weighted by atomic mass is 16.2. The summed E-state index contributed by atoms with van der Waals surface area (Å²) < 4.78 is 0. The maximum Gasteiger partial charge on any atom is 0.0615 e. The van der Waals surface area contributed by atoms with Crippen molar-refractivity contribution in [1.82, 2.24) is 0 Å². The van der Waals surface area contributed by atoms with Crippen molar-refractivity contribution in [2.24, 2.45) is 0 Å². The quantitative estimate of drug-likeness (QED) is 0.474. The van der Waals surface area contributed by atoms with E-state index in [1.54, 1.807) is 6.08 Å². The molecular weight excluding hydrogens is 136 g/mol. The molecule has 1 nitrogen and oxygen atoms in total. The first-order chi connectivity index (χ1) is 5.41. The topological polar surface area (TPSA) is 20.2 Å². The third-order valence-electron chi connectivity index (χ3n) is 1.16. The van der Waals surface area contributed by atoms with Crippen molar-refractivity contribution in [3.63, 3.8) is 0 Å². The summed E-state index contributed by atoms with van der Waals surface area (Å²) in [5.41, 5.74) is 0. The van der Waals surface area contributed by atoms with Crippen molar-refractivity contribution in [2.45, 2.75) is 19.8 Å². The summed E-state index contributed by atoms with van der Waals surface area (Å²) in [5.74, 6) is 0. The Hall–Kier alpha value is -0.820. The molecule has 0 radical (unpaired) electrons. The molecule has 0 heterocycles. The van der Waals surface area contributed by atoms with E-state index >= 15 is 0 Å². The average molecular weight is 152 g/mol. The second kappa shape index (κ2) is 9.18. The summed E-state index contributed by atoms with van der Waals surface area (Å²) in [6.07, 6.45) is 13.9. The fraction of sp³-hybridized carbons (Fsp3) is 0.400. The minimum absolute atomic E-state index is 0.120. The van der Waals surface area contributed by atoms with Gasteiger partial charge < -0.3 is 5.11 Å². The Morgan fingerprint density at radius 1 is 1.00 bits per heavy atom. The monoisotopic (exact) mass is 152 g/mol. The van der Waals surface area contributed by atoms with Crippen molar-refractivity contribution < 1.29 is 5.11 Å². The Labute approximate surface area is 68.7 Å². The van der Waals surface area contributed by atoms with Crippen molar-refractivity contribution >= 4 is 0 Å². The molecule has 62 valence electrons. The molecule has 0 aliphatic heterocycles. The first-order valence-corrected chi connectivity index (χ1v) is 3.99. The fourth-order valence-electron chi connectivity index (χ4n) is 0.638. The van der Waals surface area contributed by atoms with E-state index in [-0.39, 0.29) is 6.61 Å². The van der Waals surface area contributed by atoms with Gasteiger partial charge in [0.25, 0.3) is 0 Å². The van der Waals surface area contributed by atoms with Crippen LogP contribution in [0.15, 0.2) is 36.5 Å². The molecule has 1 N–H and O–H groups in total. The predicted molar refractivity (Wildman–Crippen MR) is 49.4 cm³/mol. The van der Waals surface area contributed by atoms with Crippen molar-refractivity contribution in [3.8, 4) is 0 Å². The Kier molecular flexibility index (Phi) is 8.50. The largest absolute Gasteiger partial charge is 0.392 e. The molecule has 0 amide bonds. The molecular formula is C10H16O. The Morgan fingerprint density at radius 2 is 1.73 bits per heavy atom. The standard InChI is InChI=1S/C10H16O/c1-2-3-4-5-6-7-8-9-10-11/h3-4,6-9,11H,2,5,10H2,1H3/b4-3-,7-6+,9-8+. The lowest BCUT2D eigenvalue weighted by Gasteiger charge is -1.79. The zero-order valence-corrected chi connectivity index (χ0v) is 7.03. The van der Waals surface area contributed by atoms with Gasteiger partial charge in [-0.1, -0.05) is 43.4 Å². The maximum absolute atomic E-state index is 8.37. The van der Waals surface area contributed by atoms with Gasteiger partial charge in [0.15, 0.2) is 0 Å². The van der Waals surface area contributed by atoms with Crippen LogP contribution in [-0.2, 0) is 0 Å². The van der Waals surface area contributed by atoms with Gasteiger partial charge in [0, 0.05) is 0 Å². The lowest BCUT2D eigenvalue weighted by atomic mass is 10.3. The Balaban J connectivity index is 3.29. The van der Waals surface area contributed by atoms with Crippen LogP contribution in [0, 0.1) is 0 Å². The summed E-state index contributed by atoms with van der Waals surface area (Å²) in [6, 6.07) is 0. The van der Waals surface area contributed by atoms with Crippen LogP contribution in [0.1, 0.15) is 19.8 Å². The molecule has 0 aliphatic rings. The van der Waals surface area contributed by atoms with E-state index in [9.17, 15) is 0 Å². The molecule has 0 aromatic rings. The molecule has 0 unspecified atom stereocenters. The van der Waals surface area contributed by atoms with E-state index in [1.165, 1.54) is 0 Å². The third-order valence-corrected chi connectivity index (χ3v) is 1.16. The van der Waals surface area contributed by atoms with Crippen LogP contribution in [0.2, 0.25) is 0 Å². The maximum atomic E-state index is 8.37. The predicted octanol–water partition coefficient (Wildman–Crippen LogP) is 2.45. The van der Waals surface area contributed by atoms with E-state index in [4.69, 9.17) is 5.11 Å². The molecule has 0 aromatic heterocycles. The number of allylic oxidation sites excluding steroid dienone is 5. The van der Waals surface area contributed by atoms with Crippen LogP contribution in [-0.4, -0.2) is 11.7 Å². The van der Waals surface area contributed by atoms with E-state index in [0.717, 1.165) is 12.8 Å². The highest BCUT2D eigenvalue weighted by Gasteiger charge is 1.68. The Bertz CT molecular complexity index is 143. The minimum Gasteiger partial charge on any atom is -0.392 e. The third kappa shape index (κ3) is 9.18. The SMILES string of the molecule is CC/C=C\C/C=C/C=C/CO. The second-order valence-corrected chi connectivity index (χ2v) is 2.15. The molecule has 0 fully saturated rings. The average Bonchev–Trinajstić information content (AvgIpc) is 2.03. The van der Waals surface area contributed by atoms with Gasteiger partial charge in [0.2, 0.25) is 0 Å². The smallest absolute Gasteiger partial charge is 0.0615 e. The van der Waals surface area contributed by atoms with Crippen LogP contribution in [0.25, 0.3) is 0 Å². The van der Waals surface area contributed by atoms with Gasteiger partial charge in [0.1, 0.15) is 0 Å². The zero-order chi connectivity index (χ0) is 8.36. The van der Waals surface area contributed by atoms with Gasteiger partial charge in [0.05, 0.1) is 6.61 Å². The van der Waals surface area contributed by atoms with E-state index in [2.05, 4.69) is 25.2 Å². The molecule has 0 spiro atoms. The molecule has 0 saturated heterocycles. The molecule has 0 bridgehead atoms. The Morgan fingerprint density at radius 3 is 2.36 bits per heavy atom. The summed E-state index contributed by atoms with van der Waals surface area (Å²) in [4.78, 5) is 0. The van der Waals surface area contributed by atoms with Crippen molar-refractivity contribution in [1.29, 1.82) is 0 Å². The van der Waals surface area contributed by atoms with Gasteiger partial charge in [-0.3, -0.25) is 0 Å². The molecule has 11 heavy (non-hydrogen) atoms.